The molecule has 2 rings (SSSR count). The van der Waals surface area contributed by atoms with Crippen LogP contribution in [0.5, 0.6) is 0 Å². The van der Waals surface area contributed by atoms with E-state index in [0.717, 1.165) is 25.7 Å². The van der Waals surface area contributed by atoms with Crippen LogP contribution in [0.3, 0.4) is 0 Å². The van der Waals surface area contributed by atoms with E-state index in [-0.39, 0.29) is 0 Å². The van der Waals surface area contributed by atoms with Crippen LogP contribution < -0.4 is 5.73 Å². The van der Waals surface area contributed by atoms with Crippen LogP contribution in [0, 0.1) is 0 Å². The van der Waals surface area contributed by atoms with E-state index in [0.29, 0.717) is 17.7 Å². The smallest absolute Gasteiger partial charge is 0.196 e. The van der Waals surface area contributed by atoms with Gasteiger partial charge in [0.05, 0.1) is 4.90 Å². The largest absolute Gasteiger partial charge is 0.312 e. The number of rotatable bonds is 2. The fourth-order valence-corrected chi connectivity index (χ4v) is 4.24. The molecule has 2 N–H and O–H groups in total. The van der Waals surface area contributed by atoms with Gasteiger partial charge in [0.1, 0.15) is 4.87 Å². The first-order valence-electron chi connectivity index (χ1n) is 6.15. The lowest BCUT2D eigenvalue weighted by molar-refractivity contribution is 0.469. The highest BCUT2D eigenvalue weighted by molar-refractivity contribution is 7.92. The van der Waals surface area contributed by atoms with E-state index in [1.165, 1.54) is 0 Å². The van der Waals surface area contributed by atoms with E-state index >= 15 is 0 Å². The van der Waals surface area contributed by atoms with Gasteiger partial charge in [-0.15, -0.1) is 0 Å². The number of nitrogens with two attached hydrogens (primary N) is 1. The van der Waals surface area contributed by atoms with Crippen molar-refractivity contribution in [2.24, 2.45) is 5.73 Å². The third kappa shape index (κ3) is 2.38. The van der Waals surface area contributed by atoms with Crippen molar-refractivity contribution in [3.05, 3.63) is 30.3 Å². The quantitative estimate of drug-likeness (QED) is 0.824. The second-order valence-corrected chi connectivity index (χ2v) is 7.09. The Kier molecular flexibility index (Phi) is 3.54. The Morgan fingerprint density at radius 2 is 1.47 bits per heavy atom. The Bertz CT molecular complexity index is 459. The number of sulfone groups is 1. The Morgan fingerprint density at radius 3 is 2.00 bits per heavy atom. The van der Waals surface area contributed by atoms with E-state index in [1.54, 1.807) is 24.3 Å². The van der Waals surface area contributed by atoms with Gasteiger partial charge in [0.15, 0.2) is 9.84 Å². The molecule has 1 aliphatic carbocycles. The lowest BCUT2D eigenvalue weighted by Gasteiger charge is -2.27. The Balaban J connectivity index is 2.37. The third-order valence-electron chi connectivity index (χ3n) is 3.54. The summed E-state index contributed by atoms with van der Waals surface area (Å²) in [5, 5.41) is 0. The molecule has 1 aromatic rings. The van der Waals surface area contributed by atoms with Crippen LogP contribution in [0.4, 0.5) is 0 Å². The zero-order chi connectivity index (χ0) is 12.4. The van der Waals surface area contributed by atoms with Gasteiger partial charge >= 0.3 is 0 Å². The summed E-state index contributed by atoms with van der Waals surface area (Å²) < 4.78 is 25.1. The lowest BCUT2D eigenvalue weighted by Crippen LogP contribution is -2.47. The molecular formula is C13H19NO2S. The molecule has 3 nitrogen and oxygen atoms in total. The van der Waals surface area contributed by atoms with Crippen molar-refractivity contribution in [2.45, 2.75) is 48.3 Å². The Morgan fingerprint density at radius 1 is 0.941 bits per heavy atom. The summed E-state index contributed by atoms with van der Waals surface area (Å²) in [7, 11) is -3.41. The molecule has 0 unspecified atom stereocenters. The van der Waals surface area contributed by atoms with Gasteiger partial charge in [-0.3, -0.25) is 0 Å². The fourth-order valence-electron chi connectivity index (χ4n) is 2.43. The van der Waals surface area contributed by atoms with Gasteiger partial charge in [-0.2, -0.15) is 0 Å². The molecule has 0 spiro atoms. The van der Waals surface area contributed by atoms with Crippen molar-refractivity contribution in [1.29, 1.82) is 0 Å². The van der Waals surface area contributed by atoms with Gasteiger partial charge in [-0.05, 0) is 25.0 Å². The summed E-state index contributed by atoms with van der Waals surface area (Å²) >= 11 is 0. The highest BCUT2D eigenvalue weighted by atomic mass is 32.2. The minimum absolute atomic E-state index is 0.351. The minimum atomic E-state index is -3.41. The molecule has 1 fully saturated rings. The molecule has 4 heteroatoms. The summed E-state index contributed by atoms with van der Waals surface area (Å²) in [5.74, 6) is 0. The predicted octanol–water partition coefficient (Wildman–Crippen LogP) is 2.47. The second-order valence-electron chi connectivity index (χ2n) is 4.80. The third-order valence-corrected chi connectivity index (χ3v) is 5.91. The first-order valence-corrected chi connectivity index (χ1v) is 7.63. The van der Waals surface area contributed by atoms with Gasteiger partial charge < -0.3 is 5.73 Å². The topological polar surface area (TPSA) is 60.2 Å². The first-order chi connectivity index (χ1) is 8.06. The van der Waals surface area contributed by atoms with Crippen molar-refractivity contribution in [3.8, 4) is 0 Å². The maximum atomic E-state index is 12.5. The molecule has 0 heterocycles. The van der Waals surface area contributed by atoms with Gasteiger partial charge in [0.2, 0.25) is 0 Å². The Hall–Kier alpha value is -0.870. The number of hydrogen-bond donors (Lipinski definition) is 1. The van der Waals surface area contributed by atoms with Crippen LogP contribution in [-0.4, -0.2) is 13.3 Å². The molecule has 94 valence electrons. The van der Waals surface area contributed by atoms with Gasteiger partial charge in [-0.25, -0.2) is 8.42 Å². The molecule has 0 saturated heterocycles. The highest BCUT2D eigenvalue weighted by Crippen LogP contribution is 2.33. The zero-order valence-corrected chi connectivity index (χ0v) is 10.7. The monoisotopic (exact) mass is 253 g/mol. The SMILES string of the molecule is NC1(S(=O)(=O)c2ccccc2)CCCCCC1. The molecule has 1 aromatic carbocycles. The molecule has 1 aliphatic rings. The van der Waals surface area contributed by atoms with Crippen molar-refractivity contribution in [1.82, 2.24) is 0 Å². The molecule has 1 saturated carbocycles. The van der Waals surface area contributed by atoms with Crippen LogP contribution >= 0.6 is 0 Å². The minimum Gasteiger partial charge on any atom is -0.312 e. The van der Waals surface area contributed by atoms with Crippen molar-refractivity contribution in [3.63, 3.8) is 0 Å². The summed E-state index contributed by atoms with van der Waals surface area (Å²) in [6, 6.07) is 8.57. The molecule has 0 amide bonds. The van der Waals surface area contributed by atoms with Crippen LogP contribution in [-0.2, 0) is 9.84 Å². The van der Waals surface area contributed by atoms with Crippen LogP contribution in [0.25, 0.3) is 0 Å². The number of hydrogen-bond acceptors (Lipinski definition) is 3. The maximum absolute atomic E-state index is 12.5. The van der Waals surface area contributed by atoms with E-state index < -0.39 is 14.7 Å². The van der Waals surface area contributed by atoms with Crippen molar-refractivity contribution in [2.75, 3.05) is 0 Å². The fraction of sp³-hybridized carbons (Fsp3) is 0.538. The average Bonchev–Trinajstić information content (AvgIpc) is 2.56. The van der Waals surface area contributed by atoms with E-state index in [9.17, 15) is 8.42 Å². The highest BCUT2D eigenvalue weighted by Gasteiger charge is 2.40. The van der Waals surface area contributed by atoms with E-state index in [4.69, 9.17) is 5.73 Å². The average molecular weight is 253 g/mol. The summed E-state index contributed by atoms with van der Waals surface area (Å²) in [6.07, 6.45) is 5.13. The number of benzene rings is 1. The van der Waals surface area contributed by atoms with E-state index in [1.807, 2.05) is 6.07 Å². The molecule has 0 aliphatic heterocycles. The molecule has 0 aromatic heterocycles. The molecular weight excluding hydrogens is 234 g/mol. The van der Waals surface area contributed by atoms with Crippen molar-refractivity contribution < 1.29 is 8.42 Å². The molecule has 0 atom stereocenters. The van der Waals surface area contributed by atoms with Crippen LogP contribution in [0.1, 0.15) is 38.5 Å². The summed E-state index contributed by atoms with van der Waals surface area (Å²) in [6.45, 7) is 0. The lowest BCUT2D eigenvalue weighted by atomic mass is 10.1. The van der Waals surface area contributed by atoms with E-state index in [2.05, 4.69) is 0 Å². The summed E-state index contributed by atoms with van der Waals surface area (Å²) in [4.78, 5) is -0.713. The van der Waals surface area contributed by atoms with Crippen LogP contribution in [0.15, 0.2) is 35.2 Å². The van der Waals surface area contributed by atoms with Gasteiger partial charge in [-0.1, -0.05) is 43.9 Å². The normalized spacial score (nSPS) is 20.8. The summed E-state index contributed by atoms with van der Waals surface area (Å²) in [5.41, 5.74) is 6.18. The van der Waals surface area contributed by atoms with Gasteiger partial charge in [0, 0.05) is 0 Å². The standard InChI is InChI=1S/C13H19NO2S/c14-13(10-6-1-2-7-11-13)17(15,16)12-8-4-3-5-9-12/h3-5,8-9H,1-2,6-7,10-11,14H2. The molecule has 0 bridgehead atoms. The Labute approximate surface area is 103 Å². The molecule has 17 heavy (non-hydrogen) atoms. The second kappa shape index (κ2) is 4.78. The van der Waals surface area contributed by atoms with Crippen molar-refractivity contribution >= 4 is 9.84 Å². The maximum Gasteiger partial charge on any atom is 0.196 e. The van der Waals surface area contributed by atoms with Crippen LogP contribution in [0.2, 0.25) is 0 Å². The first kappa shape index (κ1) is 12.6. The molecule has 0 radical (unpaired) electrons. The predicted molar refractivity (Wildman–Crippen MR) is 68.2 cm³/mol. The van der Waals surface area contributed by atoms with Gasteiger partial charge in [0.25, 0.3) is 0 Å². The zero-order valence-electron chi connectivity index (χ0n) is 9.93.